The zero-order chi connectivity index (χ0) is 22.4. The third-order valence-corrected chi connectivity index (χ3v) is 6.36. The number of amides is 2. The maximum atomic E-state index is 12.8. The zero-order valence-corrected chi connectivity index (χ0v) is 19.7. The van der Waals surface area contributed by atoms with Gasteiger partial charge in [0, 0.05) is 18.6 Å². The van der Waals surface area contributed by atoms with Crippen LogP contribution in [0.25, 0.3) is 0 Å². The molecular weight excluding hydrogens is 456 g/mol. The van der Waals surface area contributed by atoms with Gasteiger partial charge in [-0.3, -0.25) is 9.59 Å². The lowest BCUT2D eigenvalue weighted by molar-refractivity contribution is -0.113. The Labute approximate surface area is 193 Å². The number of thiazole rings is 1. The Kier molecular flexibility index (Phi) is 8.05. The molecule has 31 heavy (non-hydrogen) atoms. The summed E-state index contributed by atoms with van der Waals surface area (Å²) < 4.78 is 1.81. The van der Waals surface area contributed by atoms with Crippen molar-refractivity contribution in [2.75, 3.05) is 11.1 Å². The van der Waals surface area contributed by atoms with Gasteiger partial charge in [0.05, 0.1) is 22.4 Å². The highest BCUT2D eigenvalue weighted by atomic mass is 35.5. The van der Waals surface area contributed by atoms with E-state index in [1.54, 1.807) is 40.4 Å². The third kappa shape index (κ3) is 6.28. The first-order chi connectivity index (χ1) is 14.8. The number of thioether (sulfide) groups is 1. The van der Waals surface area contributed by atoms with Crippen LogP contribution < -0.4 is 10.6 Å². The number of halogens is 1. The average Bonchev–Trinajstić information content (AvgIpc) is 3.35. The van der Waals surface area contributed by atoms with Crippen molar-refractivity contribution in [3.8, 4) is 0 Å². The number of benzene rings is 1. The summed E-state index contributed by atoms with van der Waals surface area (Å²) in [4.78, 5) is 29.0. The van der Waals surface area contributed by atoms with Gasteiger partial charge >= 0.3 is 0 Å². The van der Waals surface area contributed by atoms with Crippen molar-refractivity contribution < 1.29 is 9.59 Å². The molecule has 0 saturated heterocycles. The van der Waals surface area contributed by atoms with Crippen LogP contribution in [0.3, 0.4) is 0 Å². The Bertz CT molecular complexity index is 1040. The highest BCUT2D eigenvalue weighted by Gasteiger charge is 2.24. The van der Waals surface area contributed by atoms with Gasteiger partial charge in [0.2, 0.25) is 5.91 Å². The molecule has 2 N–H and O–H groups in total. The van der Waals surface area contributed by atoms with Crippen LogP contribution in [0.5, 0.6) is 0 Å². The van der Waals surface area contributed by atoms with Gasteiger partial charge in [-0.15, -0.1) is 21.5 Å². The molecule has 164 valence electrons. The van der Waals surface area contributed by atoms with Gasteiger partial charge in [0.25, 0.3) is 5.91 Å². The molecule has 11 heteroatoms. The molecule has 0 spiro atoms. The number of aromatic nitrogens is 4. The fourth-order valence-electron chi connectivity index (χ4n) is 2.91. The van der Waals surface area contributed by atoms with E-state index in [2.05, 4.69) is 39.7 Å². The topological polar surface area (TPSA) is 102 Å². The second-order valence-corrected chi connectivity index (χ2v) is 9.45. The van der Waals surface area contributed by atoms with Crippen molar-refractivity contribution in [2.24, 2.45) is 13.0 Å². The SMILES string of the molecule is CC(C)CC(NC(=O)c1ccccc1Cl)c1nnc(SCC(=O)Nc2nccs2)n1C. The summed E-state index contributed by atoms with van der Waals surface area (Å²) in [5, 5.41) is 17.6. The van der Waals surface area contributed by atoms with Crippen molar-refractivity contribution in [3.63, 3.8) is 0 Å². The fraction of sp³-hybridized carbons (Fsp3) is 0.350. The molecule has 1 aromatic carbocycles. The largest absolute Gasteiger partial charge is 0.342 e. The summed E-state index contributed by atoms with van der Waals surface area (Å²) in [6, 6.07) is 6.57. The van der Waals surface area contributed by atoms with E-state index < -0.39 is 0 Å². The summed E-state index contributed by atoms with van der Waals surface area (Å²) >= 11 is 8.80. The van der Waals surface area contributed by atoms with Gasteiger partial charge in [0.1, 0.15) is 0 Å². The van der Waals surface area contributed by atoms with Crippen LogP contribution in [0.15, 0.2) is 41.0 Å². The summed E-state index contributed by atoms with van der Waals surface area (Å²) in [5.41, 5.74) is 0.411. The van der Waals surface area contributed by atoms with Crippen LogP contribution in [0.2, 0.25) is 5.02 Å². The fourth-order valence-corrected chi connectivity index (χ4v) is 4.39. The van der Waals surface area contributed by atoms with Crippen LogP contribution in [0.1, 0.15) is 42.5 Å². The maximum Gasteiger partial charge on any atom is 0.253 e. The molecule has 2 aromatic heterocycles. The van der Waals surface area contributed by atoms with Gasteiger partial charge < -0.3 is 15.2 Å². The van der Waals surface area contributed by atoms with Crippen molar-refractivity contribution in [2.45, 2.75) is 31.5 Å². The number of anilines is 1. The molecule has 0 aliphatic carbocycles. The van der Waals surface area contributed by atoms with E-state index in [9.17, 15) is 9.59 Å². The van der Waals surface area contributed by atoms with Crippen LogP contribution in [0.4, 0.5) is 5.13 Å². The molecular formula is C20H23ClN6O2S2. The standard InChI is InChI=1S/C20H23ClN6O2S2/c1-12(2)10-15(23-18(29)13-6-4-5-7-14(13)21)17-25-26-20(27(17)3)31-11-16(28)24-19-22-8-9-30-19/h4-9,12,15H,10-11H2,1-3H3,(H,23,29)(H,22,24,28). The third-order valence-electron chi connectivity index (χ3n) is 4.32. The molecule has 0 aliphatic rings. The van der Waals surface area contributed by atoms with Crippen molar-refractivity contribution in [1.82, 2.24) is 25.1 Å². The minimum atomic E-state index is -0.347. The zero-order valence-electron chi connectivity index (χ0n) is 17.3. The highest BCUT2D eigenvalue weighted by molar-refractivity contribution is 7.99. The number of nitrogens with one attached hydrogen (secondary N) is 2. The summed E-state index contributed by atoms with van der Waals surface area (Å²) in [7, 11) is 1.82. The number of hydrogen-bond donors (Lipinski definition) is 2. The molecule has 0 fully saturated rings. The molecule has 2 amide bonds. The molecule has 0 aliphatic heterocycles. The summed E-state index contributed by atoms with van der Waals surface area (Å²) in [6.07, 6.45) is 2.31. The van der Waals surface area contributed by atoms with E-state index in [0.29, 0.717) is 39.0 Å². The Balaban J connectivity index is 1.70. The maximum absolute atomic E-state index is 12.8. The first kappa shape index (κ1) is 23.2. The lowest BCUT2D eigenvalue weighted by Gasteiger charge is -2.20. The Morgan fingerprint density at radius 3 is 2.71 bits per heavy atom. The predicted molar refractivity (Wildman–Crippen MR) is 124 cm³/mol. The molecule has 8 nitrogen and oxygen atoms in total. The van der Waals surface area contributed by atoms with Gasteiger partial charge in [-0.2, -0.15) is 0 Å². The lowest BCUT2D eigenvalue weighted by atomic mass is 10.0. The van der Waals surface area contributed by atoms with Crippen LogP contribution in [0, 0.1) is 5.92 Å². The van der Waals surface area contributed by atoms with E-state index in [1.807, 2.05) is 7.05 Å². The van der Waals surface area contributed by atoms with Gasteiger partial charge in [-0.1, -0.05) is 49.3 Å². The normalized spacial score (nSPS) is 12.0. The number of carbonyl (C=O) groups is 2. The number of hydrogen-bond acceptors (Lipinski definition) is 7. The van der Waals surface area contributed by atoms with E-state index in [-0.39, 0.29) is 23.6 Å². The van der Waals surface area contributed by atoms with Crippen LogP contribution in [-0.4, -0.2) is 37.3 Å². The predicted octanol–water partition coefficient (Wildman–Crippen LogP) is 4.17. The second kappa shape index (κ2) is 10.7. The van der Waals surface area contributed by atoms with E-state index in [1.165, 1.54) is 23.1 Å². The van der Waals surface area contributed by atoms with E-state index in [4.69, 9.17) is 11.6 Å². The molecule has 0 saturated carbocycles. The number of nitrogens with zero attached hydrogens (tertiary/aromatic N) is 4. The van der Waals surface area contributed by atoms with Gasteiger partial charge in [0.15, 0.2) is 16.1 Å². The van der Waals surface area contributed by atoms with E-state index >= 15 is 0 Å². The molecule has 1 atom stereocenters. The van der Waals surface area contributed by atoms with Crippen LogP contribution >= 0.6 is 34.7 Å². The summed E-state index contributed by atoms with van der Waals surface area (Å²) in [5.74, 6) is 0.670. The minimum absolute atomic E-state index is 0.171. The molecule has 2 heterocycles. The van der Waals surface area contributed by atoms with Crippen molar-refractivity contribution in [3.05, 3.63) is 52.3 Å². The van der Waals surface area contributed by atoms with Crippen molar-refractivity contribution in [1.29, 1.82) is 0 Å². The number of rotatable bonds is 9. The molecule has 0 radical (unpaired) electrons. The van der Waals surface area contributed by atoms with Crippen molar-refractivity contribution >= 4 is 51.6 Å². The summed E-state index contributed by atoms with van der Waals surface area (Å²) in [6.45, 7) is 4.15. The van der Waals surface area contributed by atoms with Gasteiger partial charge in [-0.05, 0) is 24.5 Å². The van der Waals surface area contributed by atoms with Gasteiger partial charge in [-0.25, -0.2) is 4.98 Å². The van der Waals surface area contributed by atoms with E-state index in [0.717, 1.165) is 0 Å². The Hall–Kier alpha value is -2.43. The first-order valence-corrected chi connectivity index (χ1v) is 11.9. The Morgan fingerprint density at radius 2 is 2.03 bits per heavy atom. The minimum Gasteiger partial charge on any atom is -0.342 e. The molecule has 0 bridgehead atoms. The first-order valence-electron chi connectivity index (χ1n) is 9.62. The van der Waals surface area contributed by atoms with Crippen LogP contribution in [-0.2, 0) is 11.8 Å². The highest BCUT2D eigenvalue weighted by Crippen LogP contribution is 2.25. The average molecular weight is 479 g/mol. The Morgan fingerprint density at radius 1 is 1.26 bits per heavy atom. The second-order valence-electron chi connectivity index (χ2n) is 7.21. The molecule has 1 unspecified atom stereocenters. The number of carbonyl (C=O) groups excluding carboxylic acids is 2. The molecule has 3 aromatic rings. The smallest absolute Gasteiger partial charge is 0.253 e. The molecule has 3 rings (SSSR count). The quantitative estimate of drug-likeness (QED) is 0.447. The monoisotopic (exact) mass is 478 g/mol. The lowest BCUT2D eigenvalue weighted by Crippen LogP contribution is -2.31.